The van der Waals surface area contributed by atoms with E-state index in [1.807, 2.05) is 44.1 Å². The highest BCUT2D eigenvalue weighted by molar-refractivity contribution is 7.98. The van der Waals surface area contributed by atoms with Crippen LogP contribution in [0.5, 0.6) is 11.5 Å². The number of aliphatic imine (C=N–C) groups is 1. The van der Waals surface area contributed by atoms with Crippen LogP contribution in [0.1, 0.15) is 18.4 Å². The van der Waals surface area contributed by atoms with E-state index in [-0.39, 0.29) is 0 Å². The SMILES string of the molecule is CN=C(NCCCCSC)N(C)Cc1ccc(OC)cc1OC. The number of thioether (sulfide) groups is 1. The largest absolute Gasteiger partial charge is 0.497 e. The van der Waals surface area contributed by atoms with E-state index in [9.17, 15) is 0 Å². The summed E-state index contributed by atoms with van der Waals surface area (Å²) in [4.78, 5) is 6.45. The molecule has 0 heterocycles. The summed E-state index contributed by atoms with van der Waals surface area (Å²) >= 11 is 1.89. The summed E-state index contributed by atoms with van der Waals surface area (Å²) in [6.45, 7) is 1.66. The van der Waals surface area contributed by atoms with Crippen molar-refractivity contribution in [2.24, 2.45) is 4.99 Å². The number of methoxy groups -OCH3 is 2. The topological polar surface area (TPSA) is 46.1 Å². The molecule has 23 heavy (non-hydrogen) atoms. The number of hydrogen-bond acceptors (Lipinski definition) is 4. The molecule has 1 N–H and O–H groups in total. The summed E-state index contributed by atoms with van der Waals surface area (Å²) in [5, 5.41) is 3.41. The molecule has 0 radical (unpaired) electrons. The van der Waals surface area contributed by atoms with Gasteiger partial charge in [-0.25, -0.2) is 0 Å². The molecule has 0 aliphatic rings. The van der Waals surface area contributed by atoms with Crippen LogP contribution in [0.2, 0.25) is 0 Å². The second-order valence-electron chi connectivity index (χ2n) is 5.21. The number of hydrogen-bond donors (Lipinski definition) is 1. The van der Waals surface area contributed by atoms with Gasteiger partial charge in [-0.15, -0.1) is 0 Å². The molecular formula is C17H29N3O2S. The van der Waals surface area contributed by atoms with Gasteiger partial charge in [0.2, 0.25) is 0 Å². The molecule has 0 unspecified atom stereocenters. The van der Waals surface area contributed by atoms with Crippen molar-refractivity contribution >= 4 is 17.7 Å². The third kappa shape index (κ3) is 6.60. The minimum Gasteiger partial charge on any atom is -0.497 e. The van der Waals surface area contributed by atoms with Crippen LogP contribution < -0.4 is 14.8 Å². The maximum Gasteiger partial charge on any atom is 0.193 e. The van der Waals surface area contributed by atoms with Gasteiger partial charge in [0.25, 0.3) is 0 Å². The van der Waals surface area contributed by atoms with Crippen molar-refractivity contribution in [2.75, 3.05) is 46.9 Å². The summed E-state index contributed by atoms with van der Waals surface area (Å²) in [7, 11) is 7.17. The zero-order valence-electron chi connectivity index (χ0n) is 14.9. The molecular weight excluding hydrogens is 310 g/mol. The fraction of sp³-hybridized carbons (Fsp3) is 0.588. The first-order valence-electron chi connectivity index (χ1n) is 7.77. The third-order valence-electron chi connectivity index (χ3n) is 3.53. The Hall–Kier alpha value is -1.56. The van der Waals surface area contributed by atoms with Crippen LogP contribution in [0.15, 0.2) is 23.2 Å². The van der Waals surface area contributed by atoms with Crippen LogP contribution in [-0.2, 0) is 6.54 Å². The van der Waals surface area contributed by atoms with Gasteiger partial charge < -0.3 is 19.7 Å². The van der Waals surface area contributed by atoms with Gasteiger partial charge in [-0.3, -0.25) is 4.99 Å². The molecule has 0 aliphatic heterocycles. The Morgan fingerprint density at radius 1 is 1.26 bits per heavy atom. The van der Waals surface area contributed by atoms with E-state index in [1.165, 1.54) is 12.2 Å². The number of rotatable bonds is 9. The highest BCUT2D eigenvalue weighted by Gasteiger charge is 2.11. The van der Waals surface area contributed by atoms with E-state index in [4.69, 9.17) is 9.47 Å². The minimum absolute atomic E-state index is 0.720. The molecule has 130 valence electrons. The molecule has 0 spiro atoms. The molecule has 0 bridgehead atoms. The third-order valence-corrected chi connectivity index (χ3v) is 4.23. The summed E-state index contributed by atoms with van der Waals surface area (Å²) in [5.41, 5.74) is 1.10. The molecule has 1 aromatic rings. The van der Waals surface area contributed by atoms with Crippen LogP contribution in [0.25, 0.3) is 0 Å². The Kier molecular flexibility index (Phi) is 9.36. The van der Waals surface area contributed by atoms with Gasteiger partial charge >= 0.3 is 0 Å². The lowest BCUT2D eigenvalue weighted by atomic mass is 10.2. The summed E-state index contributed by atoms with van der Waals surface area (Å²) in [6.07, 6.45) is 4.52. The Morgan fingerprint density at radius 2 is 2.04 bits per heavy atom. The maximum atomic E-state index is 5.46. The zero-order chi connectivity index (χ0) is 17.1. The maximum absolute atomic E-state index is 5.46. The molecule has 6 heteroatoms. The van der Waals surface area contributed by atoms with E-state index in [0.29, 0.717) is 0 Å². The van der Waals surface area contributed by atoms with E-state index in [1.54, 1.807) is 14.2 Å². The van der Waals surface area contributed by atoms with E-state index in [0.717, 1.165) is 42.5 Å². The number of ether oxygens (including phenoxy) is 2. The van der Waals surface area contributed by atoms with Crippen LogP contribution in [0, 0.1) is 0 Å². The van der Waals surface area contributed by atoms with Gasteiger partial charge in [0.05, 0.1) is 14.2 Å². The van der Waals surface area contributed by atoms with Crippen molar-refractivity contribution in [2.45, 2.75) is 19.4 Å². The summed E-state index contributed by atoms with van der Waals surface area (Å²) in [5.74, 6) is 3.72. The predicted molar refractivity (Wildman–Crippen MR) is 100.0 cm³/mol. The monoisotopic (exact) mass is 339 g/mol. The quantitative estimate of drug-likeness (QED) is 0.426. The van der Waals surface area contributed by atoms with E-state index in [2.05, 4.69) is 21.5 Å². The first-order valence-corrected chi connectivity index (χ1v) is 9.17. The van der Waals surface area contributed by atoms with Crippen molar-refractivity contribution in [3.63, 3.8) is 0 Å². The fourth-order valence-electron chi connectivity index (χ4n) is 2.27. The van der Waals surface area contributed by atoms with Crippen LogP contribution in [0.4, 0.5) is 0 Å². The van der Waals surface area contributed by atoms with Crippen molar-refractivity contribution < 1.29 is 9.47 Å². The zero-order valence-corrected chi connectivity index (χ0v) is 15.7. The van der Waals surface area contributed by atoms with Gasteiger partial charge in [-0.05, 0) is 37.0 Å². The second kappa shape index (κ2) is 11.0. The normalized spacial score (nSPS) is 11.3. The Bertz CT molecular complexity index is 495. The van der Waals surface area contributed by atoms with Crippen molar-refractivity contribution in [3.8, 4) is 11.5 Å². The second-order valence-corrected chi connectivity index (χ2v) is 6.19. The summed E-state index contributed by atoms with van der Waals surface area (Å²) in [6, 6.07) is 5.88. The molecule has 0 fully saturated rings. The van der Waals surface area contributed by atoms with Crippen LogP contribution >= 0.6 is 11.8 Å². The van der Waals surface area contributed by atoms with Gasteiger partial charge in [0, 0.05) is 38.8 Å². The van der Waals surface area contributed by atoms with Crippen molar-refractivity contribution in [1.82, 2.24) is 10.2 Å². The molecule has 0 saturated carbocycles. The smallest absolute Gasteiger partial charge is 0.193 e. The molecule has 0 aromatic heterocycles. The van der Waals surface area contributed by atoms with Gasteiger partial charge in [0.1, 0.15) is 11.5 Å². The molecule has 1 rings (SSSR count). The molecule has 1 aromatic carbocycles. The Labute approximate surface area is 144 Å². The number of nitrogens with zero attached hydrogens (tertiary/aromatic N) is 2. The Morgan fingerprint density at radius 3 is 2.65 bits per heavy atom. The molecule has 0 saturated heterocycles. The Balaban J connectivity index is 2.60. The van der Waals surface area contributed by atoms with E-state index < -0.39 is 0 Å². The fourth-order valence-corrected chi connectivity index (χ4v) is 2.76. The molecule has 5 nitrogen and oxygen atoms in total. The molecule has 0 amide bonds. The van der Waals surface area contributed by atoms with Crippen molar-refractivity contribution in [3.05, 3.63) is 23.8 Å². The lowest BCUT2D eigenvalue weighted by molar-refractivity contribution is 0.382. The molecule has 0 atom stereocenters. The average molecular weight is 340 g/mol. The lowest BCUT2D eigenvalue weighted by Gasteiger charge is -2.23. The van der Waals surface area contributed by atoms with Gasteiger partial charge in [0.15, 0.2) is 5.96 Å². The van der Waals surface area contributed by atoms with Crippen LogP contribution in [0.3, 0.4) is 0 Å². The standard InChI is InChI=1S/C17H29N3O2S/c1-18-17(19-10-6-7-11-23-5)20(2)13-14-8-9-15(21-3)12-16(14)22-4/h8-9,12H,6-7,10-11,13H2,1-5H3,(H,18,19). The van der Waals surface area contributed by atoms with E-state index >= 15 is 0 Å². The predicted octanol–water partition coefficient (Wildman–Crippen LogP) is 2.85. The number of benzene rings is 1. The first kappa shape index (κ1) is 19.5. The van der Waals surface area contributed by atoms with Crippen LogP contribution in [-0.4, -0.2) is 57.7 Å². The van der Waals surface area contributed by atoms with Crippen molar-refractivity contribution in [1.29, 1.82) is 0 Å². The number of guanidine groups is 1. The highest BCUT2D eigenvalue weighted by atomic mass is 32.2. The lowest BCUT2D eigenvalue weighted by Crippen LogP contribution is -2.39. The first-order chi connectivity index (χ1) is 11.2. The summed E-state index contributed by atoms with van der Waals surface area (Å²) < 4.78 is 10.7. The average Bonchev–Trinajstić information content (AvgIpc) is 2.58. The van der Waals surface area contributed by atoms with Gasteiger partial charge in [-0.1, -0.05) is 0 Å². The highest BCUT2D eigenvalue weighted by Crippen LogP contribution is 2.25. The number of nitrogens with one attached hydrogen (secondary N) is 1. The molecule has 0 aliphatic carbocycles. The van der Waals surface area contributed by atoms with Gasteiger partial charge in [-0.2, -0.15) is 11.8 Å². The number of unbranched alkanes of at least 4 members (excludes halogenated alkanes) is 1. The minimum atomic E-state index is 0.720.